The summed E-state index contributed by atoms with van der Waals surface area (Å²) in [6.07, 6.45) is 6.56. The van der Waals surface area contributed by atoms with Crippen LogP contribution in [0.1, 0.15) is 44.6 Å². The number of hydrogen-bond donors (Lipinski definition) is 0. The van der Waals surface area contributed by atoms with Crippen molar-refractivity contribution in [2.45, 2.75) is 57.7 Å². The number of methoxy groups -OCH3 is 1. The molecule has 0 spiro atoms. The molecule has 1 aromatic rings. The second kappa shape index (κ2) is 7.48. The summed E-state index contributed by atoms with van der Waals surface area (Å²) in [5.41, 5.74) is 1.42. The van der Waals surface area contributed by atoms with Gasteiger partial charge in [-0.1, -0.05) is 43.7 Å². The molecule has 0 radical (unpaired) electrons. The van der Waals surface area contributed by atoms with Crippen molar-refractivity contribution < 1.29 is 14.3 Å². The molecule has 0 amide bonds. The van der Waals surface area contributed by atoms with Gasteiger partial charge in [-0.3, -0.25) is 4.79 Å². The van der Waals surface area contributed by atoms with Gasteiger partial charge < -0.3 is 9.47 Å². The fourth-order valence-electron chi connectivity index (χ4n) is 4.31. The first-order chi connectivity index (χ1) is 11.2. The fraction of sp³-hybridized carbons (Fsp3) is 0.650. The second-order valence-corrected chi connectivity index (χ2v) is 7.28. The topological polar surface area (TPSA) is 35.5 Å². The second-order valence-electron chi connectivity index (χ2n) is 7.28. The first-order valence-corrected chi connectivity index (χ1v) is 8.93. The van der Waals surface area contributed by atoms with Crippen LogP contribution < -0.4 is 0 Å². The maximum atomic E-state index is 11.5. The van der Waals surface area contributed by atoms with E-state index in [4.69, 9.17) is 9.47 Å². The van der Waals surface area contributed by atoms with Gasteiger partial charge in [0, 0.05) is 19.4 Å². The zero-order valence-electron chi connectivity index (χ0n) is 14.2. The molecular formula is C20H28O3. The molecule has 0 bridgehead atoms. The number of ether oxygens (including phenoxy) is 2. The summed E-state index contributed by atoms with van der Waals surface area (Å²) in [6, 6.07) is 10.7. The van der Waals surface area contributed by atoms with Gasteiger partial charge >= 0.3 is 5.97 Å². The van der Waals surface area contributed by atoms with Crippen LogP contribution in [0.4, 0.5) is 0 Å². The van der Waals surface area contributed by atoms with Crippen LogP contribution in [-0.4, -0.2) is 25.3 Å². The minimum absolute atomic E-state index is 0.0170. The van der Waals surface area contributed by atoms with Crippen LogP contribution in [0, 0.1) is 17.8 Å². The van der Waals surface area contributed by atoms with Crippen LogP contribution in [-0.2, 0) is 20.7 Å². The molecule has 23 heavy (non-hydrogen) atoms. The maximum absolute atomic E-state index is 11.5. The maximum Gasteiger partial charge on any atom is 0.306 e. The summed E-state index contributed by atoms with van der Waals surface area (Å²) in [7, 11) is 1.79. The van der Waals surface area contributed by atoms with Gasteiger partial charge in [-0.15, -0.1) is 0 Å². The van der Waals surface area contributed by atoms with Crippen LogP contribution >= 0.6 is 0 Å². The van der Waals surface area contributed by atoms with E-state index in [1.54, 1.807) is 7.11 Å². The lowest BCUT2D eigenvalue weighted by atomic mass is 9.85. The summed E-state index contributed by atoms with van der Waals surface area (Å²) < 4.78 is 11.1. The monoisotopic (exact) mass is 316 g/mol. The molecule has 1 saturated carbocycles. The van der Waals surface area contributed by atoms with E-state index in [9.17, 15) is 4.79 Å². The van der Waals surface area contributed by atoms with E-state index < -0.39 is 0 Å². The first kappa shape index (κ1) is 16.5. The van der Waals surface area contributed by atoms with Crippen molar-refractivity contribution >= 4 is 5.97 Å². The van der Waals surface area contributed by atoms with Crippen molar-refractivity contribution in [2.75, 3.05) is 7.11 Å². The van der Waals surface area contributed by atoms with E-state index in [2.05, 4.69) is 37.3 Å². The first-order valence-electron chi connectivity index (χ1n) is 8.93. The van der Waals surface area contributed by atoms with Crippen molar-refractivity contribution in [3.63, 3.8) is 0 Å². The average Bonchev–Trinajstić information content (AvgIpc) is 3.07. The Kier molecular flexibility index (Phi) is 5.37. The number of hydrogen-bond acceptors (Lipinski definition) is 3. The van der Waals surface area contributed by atoms with E-state index in [-0.39, 0.29) is 18.2 Å². The smallest absolute Gasteiger partial charge is 0.306 e. The third-order valence-electron chi connectivity index (χ3n) is 5.72. The van der Waals surface area contributed by atoms with E-state index in [1.807, 2.05) is 0 Å². The highest BCUT2D eigenvalue weighted by atomic mass is 16.6. The van der Waals surface area contributed by atoms with Crippen LogP contribution in [0.2, 0.25) is 0 Å². The Bertz CT molecular complexity index is 513. The zero-order valence-corrected chi connectivity index (χ0v) is 14.2. The summed E-state index contributed by atoms with van der Waals surface area (Å²) in [5, 5.41) is 0. The summed E-state index contributed by atoms with van der Waals surface area (Å²) in [5.74, 6) is 1.55. The van der Waals surface area contributed by atoms with Gasteiger partial charge in [-0.05, 0) is 36.7 Å². The number of benzene rings is 1. The van der Waals surface area contributed by atoms with E-state index in [1.165, 1.54) is 18.4 Å². The molecule has 126 valence electrons. The van der Waals surface area contributed by atoms with Crippen molar-refractivity contribution in [3.8, 4) is 0 Å². The van der Waals surface area contributed by atoms with Gasteiger partial charge in [0.1, 0.15) is 6.10 Å². The number of fused-ring (bicyclic) bond motifs is 1. The quantitative estimate of drug-likeness (QED) is 0.713. The number of carbonyl (C=O) groups excluding carboxylic acids is 1. The van der Waals surface area contributed by atoms with E-state index >= 15 is 0 Å². The molecule has 1 aliphatic heterocycles. The highest BCUT2D eigenvalue weighted by molar-refractivity contribution is 5.72. The van der Waals surface area contributed by atoms with Crippen molar-refractivity contribution in [1.82, 2.24) is 0 Å². The summed E-state index contributed by atoms with van der Waals surface area (Å²) in [6.45, 7) is 2.34. The van der Waals surface area contributed by atoms with E-state index in [0.717, 1.165) is 19.3 Å². The molecule has 0 aromatic heterocycles. The van der Waals surface area contributed by atoms with Crippen LogP contribution in [0.15, 0.2) is 30.3 Å². The third kappa shape index (κ3) is 3.95. The molecule has 2 aliphatic rings. The molecule has 0 N–H and O–H groups in total. The predicted molar refractivity (Wildman–Crippen MR) is 90.1 cm³/mol. The predicted octanol–water partition coefficient (Wildman–Crippen LogP) is 4.00. The highest BCUT2D eigenvalue weighted by Crippen LogP contribution is 2.45. The van der Waals surface area contributed by atoms with E-state index in [0.29, 0.717) is 24.2 Å². The largest absolute Gasteiger partial charge is 0.462 e. The molecule has 3 heteroatoms. The van der Waals surface area contributed by atoms with Gasteiger partial charge in [0.2, 0.25) is 0 Å². The minimum atomic E-state index is -0.0170. The van der Waals surface area contributed by atoms with Crippen molar-refractivity contribution in [2.24, 2.45) is 17.8 Å². The van der Waals surface area contributed by atoms with Gasteiger partial charge in [0.15, 0.2) is 0 Å². The Balaban J connectivity index is 1.47. The van der Waals surface area contributed by atoms with Gasteiger partial charge in [0.25, 0.3) is 0 Å². The summed E-state index contributed by atoms with van der Waals surface area (Å²) in [4.78, 5) is 11.5. The normalized spacial score (nSPS) is 31.0. The average molecular weight is 316 g/mol. The molecule has 3 nitrogen and oxygen atoms in total. The van der Waals surface area contributed by atoms with Crippen molar-refractivity contribution in [1.29, 1.82) is 0 Å². The molecule has 5 atom stereocenters. The number of esters is 1. The number of rotatable bonds is 7. The Hall–Kier alpha value is -1.35. The van der Waals surface area contributed by atoms with Crippen LogP contribution in [0.25, 0.3) is 0 Å². The lowest BCUT2D eigenvalue weighted by molar-refractivity contribution is -0.142. The Morgan fingerprint density at radius 2 is 2.04 bits per heavy atom. The minimum Gasteiger partial charge on any atom is -0.462 e. The molecule has 1 heterocycles. The Morgan fingerprint density at radius 3 is 2.78 bits per heavy atom. The van der Waals surface area contributed by atoms with Gasteiger partial charge in [-0.25, -0.2) is 0 Å². The Labute approximate surface area is 139 Å². The lowest BCUT2D eigenvalue weighted by Crippen LogP contribution is -2.22. The van der Waals surface area contributed by atoms with Gasteiger partial charge in [-0.2, -0.15) is 0 Å². The van der Waals surface area contributed by atoms with Crippen LogP contribution in [0.3, 0.4) is 0 Å². The highest BCUT2D eigenvalue weighted by Gasteiger charge is 2.49. The molecule has 1 saturated heterocycles. The zero-order chi connectivity index (χ0) is 16.2. The summed E-state index contributed by atoms with van der Waals surface area (Å²) >= 11 is 0. The van der Waals surface area contributed by atoms with Crippen molar-refractivity contribution in [3.05, 3.63) is 35.9 Å². The lowest BCUT2D eigenvalue weighted by Gasteiger charge is -2.23. The third-order valence-corrected chi connectivity index (χ3v) is 5.72. The number of aryl methyl sites for hydroxylation is 1. The van der Waals surface area contributed by atoms with Gasteiger partial charge in [0.05, 0.1) is 12.5 Å². The molecule has 3 rings (SSSR count). The molecular weight excluding hydrogens is 288 g/mol. The number of carbonyl (C=O) groups is 1. The molecule has 1 aliphatic carbocycles. The molecule has 2 fully saturated rings. The fourth-order valence-corrected chi connectivity index (χ4v) is 4.31. The van der Waals surface area contributed by atoms with Crippen LogP contribution in [0.5, 0.6) is 0 Å². The molecule has 5 unspecified atom stereocenters. The molecule has 1 aromatic carbocycles. The Morgan fingerprint density at radius 1 is 1.26 bits per heavy atom. The standard InChI is InChI=1S/C20H28O3/c1-14(8-10-15-6-4-3-5-7-15)9-11-16-17-12-20(21)23-19(17)13-18(16)22-2/h3-7,14,16-19H,8-13H2,1-2H3. The SMILES string of the molecule is COC1CC2OC(=O)CC2C1CCC(C)CCc1ccccc1.